The average Bonchev–Trinajstić information content (AvgIpc) is 2.84. The summed E-state index contributed by atoms with van der Waals surface area (Å²) < 4.78 is 5.40. The van der Waals surface area contributed by atoms with Gasteiger partial charge in [-0.3, -0.25) is 0 Å². The molecule has 23 heavy (non-hydrogen) atoms. The summed E-state index contributed by atoms with van der Waals surface area (Å²) in [6.45, 7) is 6.27. The largest absolute Gasteiger partial charge is 0.504 e. The van der Waals surface area contributed by atoms with Crippen LogP contribution in [0.1, 0.15) is 38.7 Å². The molecule has 1 aromatic rings. The number of phenolic OH excluding ortho intramolecular Hbond substituents is 2. The molecule has 0 aliphatic carbocycles. The van der Waals surface area contributed by atoms with Crippen molar-refractivity contribution in [3.8, 4) is 11.5 Å². The fourth-order valence-corrected chi connectivity index (χ4v) is 3.01. The van der Waals surface area contributed by atoms with E-state index in [9.17, 15) is 20.1 Å². The summed E-state index contributed by atoms with van der Waals surface area (Å²) in [7, 11) is 0. The molecule has 0 unspecified atom stereocenters. The van der Waals surface area contributed by atoms with Crippen LogP contribution in [0.2, 0.25) is 0 Å². The predicted molar refractivity (Wildman–Crippen MR) is 85.5 cm³/mol. The molecule has 1 aliphatic rings. The van der Waals surface area contributed by atoms with Crippen molar-refractivity contribution in [3.05, 3.63) is 23.8 Å². The summed E-state index contributed by atoms with van der Waals surface area (Å²) in [5, 5.41) is 29.1. The molecule has 3 N–H and O–H groups in total. The lowest BCUT2D eigenvalue weighted by Gasteiger charge is -2.24. The zero-order valence-electron chi connectivity index (χ0n) is 13.8. The first-order valence-corrected chi connectivity index (χ1v) is 7.82. The van der Waals surface area contributed by atoms with Crippen LogP contribution < -0.4 is 0 Å². The van der Waals surface area contributed by atoms with Gasteiger partial charge in [-0.05, 0) is 39.2 Å². The molecule has 6 heteroatoms. The number of carbonyl (C=O) groups excluding carboxylic acids is 1. The van der Waals surface area contributed by atoms with Crippen LogP contribution in [-0.4, -0.2) is 51.6 Å². The van der Waals surface area contributed by atoms with Crippen LogP contribution in [0, 0.1) is 5.92 Å². The average molecular weight is 323 g/mol. The third kappa shape index (κ3) is 4.07. The molecular formula is C17H25NO5. The normalized spacial score (nSPS) is 21.5. The van der Waals surface area contributed by atoms with Gasteiger partial charge in [-0.15, -0.1) is 0 Å². The van der Waals surface area contributed by atoms with E-state index in [4.69, 9.17) is 4.74 Å². The first kappa shape index (κ1) is 17.4. The van der Waals surface area contributed by atoms with Crippen LogP contribution in [0.3, 0.4) is 0 Å². The number of benzene rings is 1. The molecule has 128 valence electrons. The number of aliphatic hydroxyl groups excluding tert-OH is 1. The van der Waals surface area contributed by atoms with Crippen molar-refractivity contribution in [2.75, 3.05) is 19.7 Å². The van der Waals surface area contributed by atoms with Crippen molar-refractivity contribution < 1.29 is 24.9 Å². The highest BCUT2D eigenvalue weighted by Crippen LogP contribution is 2.42. The van der Waals surface area contributed by atoms with Crippen LogP contribution in [0.25, 0.3) is 0 Å². The zero-order chi connectivity index (χ0) is 17.2. The summed E-state index contributed by atoms with van der Waals surface area (Å²) in [6.07, 6.45) is 0.113. The maximum absolute atomic E-state index is 12.3. The highest BCUT2D eigenvalue weighted by Gasteiger charge is 2.38. The maximum Gasteiger partial charge on any atom is 0.410 e. The van der Waals surface area contributed by atoms with Crippen LogP contribution in [0.15, 0.2) is 18.2 Å². The van der Waals surface area contributed by atoms with Crippen molar-refractivity contribution in [1.29, 1.82) is 0 Å². The standard InChI is InChI=1S/C17H25NO5/c1-17(2,3)23-16(22)18-9-11(7-8-19)13(10-18)12-5-4-6-14(20)15(12)21/h4-6,11,13,19-21H,7-10H2,1-3H3/t11-,13-/m1/s1. The van der Waals surface area contributed by atoms with Gasteiger partial charge in [0.1, 0.15) is 5.60 Å². The highest BCUT2D eigenvalue weighted by molar-refractivity contribution is 5.69. The first-order valence-electron chi connectivity index (χ1n) is 7.82. The Morgan fingerprint density at radius 1 is 1.30 bits per heavy atom. The van der Waals surface area contributed by atoms with Gasteiger partial charge >= 0.3 is 6.09 Å². The van der Waals surface area contributed by atoms with Crippen LogP contribution >= 0.6 is 0 Å². The summed E-state index contributed by atoms with van der Waals surface area (Å²) in [5.41, 5.74) is 0.0175. The van der Waals surface area contributed by atoms with E-state index in [1.807, 2.05) is 20.8 Å². The quantitative estimate of drug-likeness (QED) is 0.743. The summed E-state index contributed by atoms with van der Waals surface area (Å²) in [4.78, 5) is 13.9. The van der Waals surface area contributed by atoms with Gasteiger partial charge in [-0.2, -0.15) is 0 Å². The van der Waals surface area contributed by atoms with E-state index >= 15 is 0 Å². The van der Waals surface area contributed by atoms with Gasteiger partial charge in [0.25, 0.3) is 0 Å². The Morgan fingerprint density at radius 3 is 2.61 bits per heavy atom. The third-order valence-electron chi connectivity index (χ3n) is 4.04. The lowest BCUT2D eigenvalue weighted by molar-refractivity contribution is 0.0284. The molecule has 0 spiro atoms. The van der Waals surface area contributed by atoms with Gasteiger partial charge in [0, 0.05) is 31.2 Å². The molecule has 2 atom stereocenters. The van der Waals surface area contributed by atoms with Crippen LogP contribution in [0.4, 0.5) is 4.79 Å². The molecule has 1 fully saturated rings. The van der Waals surface area contributed by atoms with E-state index in [1.165, 1.54) is 6.07 Å². The van der Waals surface area contributed by atoms with E-state index in [0.29, 0.717) is 25.1 Å². The van der Waals surface area contributed by atoms with Gasteiger partial charge < -0.3 is 25.0 Å². The molecule has 1 saturated heterocycles. The van der Waals surface area contributed by atoms with E-state index in [1.54, 1.807) is 17.0 Å². The van der Waals surface area contributed by atoms with Crippen molar-refractivity contribution in [2.24, 2.45) is 5.92 Å². The number of likely N-dealkylation sites (tertiary alicyclic amines) is 1. The van der Waals surface area contributed by atoms with E-state index in [-0.39, 0.29) is 29.9 Å². The van der Waals surface area contributed by atoms with Gasteiger partial charge in [-0.25, -0.2) is 4.79 Å². The Balaban J connectivity index is 2.21. The number of hydrogen-bond acceptors (Lipinski definition) is 5. The molecule has 0 radical (unpaired) electrons. The summed E-state index contributed by atoms with van der Waals surface area (Å²) >= 11 is 0. The van der Waals surface area contributed by atoms with Gasteiger partial charge in [0.15, 0.2) is 11.5 Å². The number of nitrogens with zero attached hydrogens (tertiary/aromatic N) is 1. The monoisotopic (exact) mass is 323 g/mol. The molecule has 1 heterocycles. The Kier molecular flexibility index (Phi) is 5.04. The molecule has 2 rings (SSSR count). The second-order valence-corrected chi connectivity index (χ2v) is 6.98. The molecule has 0 aromatic heterocycles. The van der Waals surface area contributed by atoms with Crippen molar-refractivity contribution in [3.63, 3.8) is 0 Å². The number of para-hydroxylation sites is 1. The van der Waals surface area contributed by atoms with Gasteiger partial charge in [-0.1, -0.05) is 12.1 Å². The lowest BCUT2D eigenvalue weighted by Crippen LogP contribution is -2.35. The third-order valence-corrected chi connectivity index (χ3v) is 4.04. The first-order chi connectivity index (χ1) is 10.7. The topological polar surface area (TPSA) is 90.2 Å². The number of ether oxygens (including phenoxy) is 1. The second kappa shape index (κ2) is 6.66. The molecule has 1 aliphatic heterocycles. The lowest BCUT2D eigenvalue weighted by atomic mass is 9.86. The smallest absolute Gasteiger partial charge is 0.410 e. The number of carbonyl (C=O) groups is 1. The predicted octanol–water partition coefficient (Wildman–Crippen LogP) is 2.43. The van der Waals surface area contributed by atoms with Gasteiger partial charge in [0.2, 0.25) is 0 Å². The van der Waals surface area contributed by atoms with Crippen molar-refractivity contribution >= 4 is 6.09 Å². The number of amides is 1. The van der Waals surface area contributed by atoms with E-state index < -0.39 is 11.7 Å². The number of aromatic hydroxyl groups is 2. The number of rotatable bonds is 3. The van der Waals surface area contributed by atoms with Crippen LogP contribution in [0.5, 0.6) is 11.5 Å². The summed E-state index contributed by atoms with van der Waals surface area (Å²) in [6, 6.07) is 4.82. The van der Waals surface area contributed by atoms with E-state index in [2.05, 4.69) is 0 Å². The fraction of sp³-hybridized carbons (Fsp3) is 0.588. The van der Waals surface area contributed by atoms with Crippen molar-refractivity contribution in [2.45, 2.75) is 38.7 Å². The van der Waals surface area contributed by atoms with Gasteiger partial charge in [0.05, 0.1) is 0 Å². The van der Waals surface area contributed by atoms with E-state index in [0.717, 1.165) is 0 Å². The Morgan fingerprint density at radius 2 is 2.00 bits per heavy atom. The minimum absolute atomic E-state index is 0.000202. The molecular weight excluding hydrogens is 298 g/mol. The molecule has 0 bridgehead atoms. The number of aliphatic hydroxyl groups is 1. The fourth-order valence-electron chi connectivity index (χ4n) is 3.01. The Labute approximate surface area is 136 Å². The molecule has 0 saturated carbocycles. The maximum atomic E-state index is 12.3. The minimum atomic E-state index is -0.575. The van der Waals surface area contributed by atoms with Crippen molar-refractivity contribution in [1.82, 2.24) is 4.90 Å². The minimum Gasteiger partial charge on any atom is -0.504 e. The second-order valence-electron chi connectivity index (χ2n) is 6.98. The number of hydrogen-bond donors (Lipinski definition) is 3. The number of phenols is 2. The zero-order valence-corrected chi connectivity index (χ0v) is 13.8. The van der Waals surface area contributed by atoms with Crippen LogP contribution in [-0.2, 0) is 4.74 Å². The Bertz CT molecular complexity index is 567. The highest BCUT2D eigenvalue weighted by atomic mass is 16.6. The Hall–Kier alpha value is -1.95. The molecule has 6 nitrogen and oxygen atoms in total. The molecule has 1 aromatic carbocycles. The SMILES string of the molecule is CC(C)(C)OC(=O)N1C[C@@H](CCO)[C@H](c2cccc(O)c2O)C1. The molecule has 1 amide bonds. The summed E-state index contributed by atoms with van der Waals surface area (Å²) in [5.74, 6) is -0.491.